The maximum absolute atomic E-state index is 12.4. The molecule has 10 heteroatoms. The van der Waals surface area contributed by atoms with Crippen LogP contribution in [0.5, 0.6) is 17.5 Å². The van der Waals surface area contributed by atoms with Gasteiger partial charge in [0, 0.05) is 12.3 Å². The largest absolute Gasteiger partial charge is 0.573 e. The number of benzene rings is 2. The molecule has 0 amide bonds. The van der Waals surface area contributed by atoms with Crippen LogP contribution >= 0.6 is 0 Å². The molecular formula is C21H16F3N3O4. The Kier molecular flexibility index (Phi) is 5.37. The monoisotopic (exact) mass is 431 g/mol. The number of halogens is 3. The molecule has 0 saturated heterocycles. The van der Waals surface area contributed by atoms with Crippen molar-refractivity contribution in [3.05, 3.63) is 60.0 Å². The van der Waals surface area contributed by atoms with Crippen LogP contribution < -0.4 is 14.2 Å². The van der Waals surface area contributed by atoms with E-state index in [1.54, 1.807) is 30.5 Å². The maximum atomic E-state index is 12.4. The SMILES string of the molecule is COc1ccnc(COc2noc3c(C)cc(-c4ccc(OC(F)(F)F)cc4)cc23)n1. The number of ether oxygens (including phenoxy) is 3. The fraction of sp³-hybridized carbons (Fsp3) is 0.190. The summed E-state index contributed by atoms with van der Waals surface area (Å²) in [6.45, 7) is 1.89. The van der Waals surface area contributed by atoms with Crippen LogP contribution in [0.3, 0.4) is 0 Å². The third-order valence-corrected chi connectivity index (χ3v) is 4.37. The summed E-state index contributed by atoms with van der Waals surface area (Å²) in [6.07, 6.45) is -3.18. The van der Waals surface area contributed by atoms with Gasteiger partial charge in [0.15, 0.2) is 11.4 Å². The van der Waals surface area contributed by atoms with Crippen molar-refractivity contribution in [3.8, 4) is 28.6 Å². The molecular weight excluding hydrogens is 415 g/mol. The Morgan fingerprint density at radius 3 is 2.52 bits per heavy atom. The molecule has 4 aromatic rings. The highest BCUT2D eigenvalue weighted by Gasteiger charge is 2.31. The fourth-order valence-electron chi connectivity index (χ4n) is 3.01. The maximum Gasteiger partial charge on any atom is 0.573 e. The predicted molar refractivity (Wildman–Crippen MR) is 104 cm³/mol. The summed E-state index contributed by atoms with van der Waals surface area (Å²) in [4.78, 5) is 8.30. The van der Waals surface area contributed by atoms with Crippen LogP contribution in [0.15, 0.2) is 53.2 Å². The van der Waals surface area contributed by atoms with Crippen molar-refractivity contribution in [2.45, 2.75) is 19.9 Å². The summed E-state index contributed by atoms with van der Waals surface area (Å²) in [6, 6.07) is 10.9. The molecule has 0 saturated carbocycles. The van der Waals surface area contributed by atoms with Crippen molar-refractivity contribution in [1.82, 2.24) is 15.1 Å². The van der Waals surface area contributed by atoms with Gasteiger partial charge in [-0.05, 0) is 53.0 Å². The number of alkyl halides is 3. The van der Waals surface area contributed by atoms with Gasteiger partial charge in [-0.3, -0.25) is 0 Å². The molecule has 2 aromatic carbocycles. The zero-order valence-corrected chi connectivity index (χ0v) is 16.4. The number of hydrogen-bond donors (Lipinski definition) is 0. The molecule has 0 N–H and O–H groups in total. The zero-order chi connectivity index (χ0) is 22.0. The van der Waals surface area contributed by atoms with Crippen LogP contribution in [-0.2, 0) is 6.61 Å². The Hall–Kier alpha value is -3.82. The van der Waals surface area contributed by atoms with Gasteiger partial charge in [0.1, 0.15) is 12.4 Å². The van der Waals surface area contributed by atoms with Gasteiger partial charge in [-0.1, -0.05) is 12.1 Å². The lowest BCUT2D eigenvalue weighted by atomic mass is 10.0. The van der Waals surface area contributed by atoms with Crippen molar-refractivity contribution in [2.24, 2.45) is 0 Å². The van der Waals surface area contributed by atoms with Crippen molar-refractivity contribution in [2.75, 3.05) is 7.11 Å². The third-order valence-electron chi connectivity index (χ3n) is 4.37. The standard InChI is InChI=1S/C21H16F3N3O4/c1-12-9-14(13-3-5-15(6-4-13)30-21(22,23)24)10-16-19(12)31-27-20(16)29-11-17-25-8-7-18(26-17)28-2/h3-10H,11H2,1-2H3. The van der Waals surface area contributed by atoms with Gasteiger partial charge in [0.2, 0.25) is 5.88 Å². The molecule has 0 fully saturated rings. The first-order chi connectivity index (χ1) is 14.8. The summed E-state index contributed by atoms with van der Waals surface area (Å²) in [5.74, 6) is 0.781. The highest BCUT2D eigenvalue weighted by Crippen LogP contribution is 2.34. The number of fused-ring (bicyclic) bond motifs is 1. The molecule has 2 heterocycles. The van der Waals surface area contributed by atoms with E-state index in [0.29, 0.717) is 28.2 Å². The average Bonchev–Trinajstić information content (AvgIpc) is 3.15. The van der Waals surface area contributed by atoms with E-state index < -0.39 is 6.36 Å². The van der Waals surface area contributed by atoms with Crippen LogP contribution in [0.1, 0.15) is 11.4 Å². The summed E-state index contributed by atoms with van der Waals surface area (Å²) >= 11 is 0. The van der Waals surface area contributed by atoms with Crippen molar-refractivity contribution >= 4 is 11.0 Å². The molecule has 0 aliphatic heterocycles. The van der Waals surface area contributed by atoms with E-state index in [1.807, 2.05) is 13.0 Å². The molecule has 4 rings (SSSR count). The lowest BCUT2D eigenvalue weighted by Crippen LogP contribution is -2.16. The van der Waals surface area contributed by atoms with E-state index in [4.69, 9.17) is 14.0 Å². The van der Waals surface area contributed by atoms with Gasteiger partial charge in [-0.15, -0.1) is 13.2 Å². The van der Waals surface area contributed by atoms with Crippen LogP contribution in [0.25, 0.3) is 22.1 Å². The van der Waals surface area contributed by atoms with Crippen molar-refractivity contribution < 1.29 is 31.9 Å². The Morgan fingerprint density at radius 2 is 1.81 bits per heavy atom. The van der Waals surface area contributed by atoms with Gasteiger partial charge < -0.3 is 18.7 Å². The normalized spacial score (nSPS) is 11.5. The van der Waals surface area contributed by atoms with Crippen LogP contribution in [0.4, 0.5) is 13.2 Å². The minimum atomic E-state index is -4.74. The highest BCUT2D eigenvalue weighted by atomic mass is 19.4. The van der Waals surface area contributed by atoms with E-state index in [-0.39, 0.29) is 18.2 Å². The molecule has 2 aromatic heterocycles. The summed E-state index contributed by atoms with van der Waals surface area (Å²) in [5.41, 5.74) is 2.79. The second-order valence-electron chi connectivity index (χ2n) is 6.53. The first-order valence-corrected chi connectivity index (χ1v) is 9.07. The lowest BCUT2D eigenvalue weighted by molar-refractivity contribution is -0.274. The highest BCUT2D eigenvalue weighted by molar-refractivity contribution is 5.89. The fourth-order valence-corrected chi connectivity index (χ4v) is 3.01. The van der Waals surface area contributed by atoms with Gasteiger partial charge >= 0.3 is 6.36 Å². The first-order valence-electron chi connectivity index (χ1n) is 9.07. The van der Waals surface area contributed by atoms with Crippen LogP contribution in [0, 0.1) is 6.92 Å². The van der Waals surface area contributed by atoms with Gasteiger partial charge in [-0.2, -0.15) is 4.98 Å². The van der Waals surface area contributed by atoms with Crippen molar-refractivity contribution in [1.29, 1.82) is 0 Å². The van der Waals surface area contributed by atoms with Gasteiger partial charge in [0.05, 0.1) is 12.5 Å². The lowest BCUT2D eigenvalue weighted by Gasteiger charge is -2.10. The second kappa shape index (κ2) is 8.13. The number of aryl methyl sites for hydroxylation is 1. The minimum absolute atomic E-state index is 0.0472. The molecule has 31 heavy (non-hydrogen) atoms. The number of aromatic nitrogens is 3. The Balaban J connectivity index is 1.60. The van der Waals surface area contributed by atoms with Gasteiger partial charge in [-0.25, -0.2) is 4.98 Å². The summed E-state index contributed by atoms with van der Waals surface area (Å²) in [7, 11) is 1.50. The Bertz CT molecular complexity index is 1210. The minimum Gasteiger partial charge on any atom is -0.481 e. The van der Waals surface area contributed by atoms with Crippen LogP contribution in [0.2, 0.25) is 0 Å². The van der Waals surface area contributed by atoms with Crippen LogP contribution in [-0.4, -0.2) is 28.6 Å². The molecule has 0 spiro atoms. The van der Waals surface area contributed by atoms with E-state index in [2.05, 4.69) is 19.9 Å². The smallest absolute Gasteiger partial charge is 0.481 e. The number of rotatable bonds is 6. The molecule has 7 nitrogen and oxygen atoms in total. The second-order valence-corrected chi connectivity index (χ2v) is 6.53. The zero-order valence-electron chi connectivity index (χ0n) is 16.4. The molecule has 0 atom stereocenters. The quantitative estimate of drug-likeness (QED) is 0.421. The topological polar surface area (TPSA) is 79.5 Å². The predicted octanol–water partition coefficient (Wildman–Crippen LogP) is 5.08. The van der Waals surface area contributed by atoms with E-state index in [1.165, 1.54) is 19.2 Å². The molecule has 0 unspecified atom stereocenters. The number of hydrogen-bond acceptors (Lipinski definition) is 7. The van der Waals surface area contributed by atoms with E-state index >= 15 is 0 Å². The molecule has 0 aliphatic rings. The molecule has 160 valence electrons. The number of methoxy groups -OCH3 is 1. The summed E-state index contributed by atoms with van der Waals surface area (Å²) < 4.78 is 57.2. The van der Waals surface area contributed by atoms with E-state index in [9.17, 15) is 13.2 Å². The number of nitrogens with zero attached hydrogens (tertiary/aromatic N) is 3. The van der Waals surface area contributed by atoms with Crippen molar-refractivity contribution in [3.63, 3.8) is 0 Å². The third kappa shape index (κ3) is 4.68. The molecule has 0 bridgehead atoms. The Morgan fingerprint density at radius 1 is 1.03 bits per heavy atom. The first kappa shape index (κ1) is 20.5. The molecule has 0 aliphatic carbocycles. The van der Waals surface area contributed by atoms with E-state index in [0.717, 1.165) is 11.1 Å². The average molecular weight is 431 g/mol. The molecule has 0 radical (unpaired) electrons. The van der Waals surface area contributed by atoms with Gasteiger partial charge in [0.25, 0.3) is 5.88 Å². The Labute approximate surface area is 174 Å². The summed E-state index contributed by atoms with van der Waals surface area (Å²) in [5, 5.41) is 4.59.